The number of hydrogen-bond acceptors (Lipinski definition) is 3. The minimum atomic E-state index is -0.165. The van der Waals surface area contributed by atoms with Gasteiger partial charge in [-0.3, -0.25) is 0 Å². The summed E-state index contributed by atoms with van der Waals surface area (Å²) in [6.07, 6.45) is 0. The fourth-order valence-electron chi connectivity index (χ4n) is 2.33. The largest absolute Gasteiger partial charge is 0.395 e. The van der Waals surface area contributed by atoms with Crippen molar-refractivity contribution in [1.29, 1.82) is 0 Å². The zero-order chi connectivity index (χ0) is 13.9. The summed E-state index contributed by atoms with van der Waals surface area (Å²) < 4.78 is 0. The molecule has 0 saturated carbocycles. The molecule has 1 aromatic rings. The first-order valence-corrected chi connectivity index (χ1v) is 6.48. The predicted molar refractivity (Wildman–Crippen MR) is 76.8 cm³/mol. The Bertz CT molecular complexity index is 389. The van der Waals surface area contributed by atoms with E-state index in [9.17, 15) is 0 Å². The first kappa shape index (κ1) is 15.2. The lowest BCUT2D eigenvalue weighted by Crippen LogP contribution is -2.37. The van der Waals surface area contributed by atoms with Gasteiger partial charge in [-0.2, -0.15) is 0 Å². The summed E-state index contributed by atoms with van der Waals surface area (Å²) in [6.45, 7) is 10.3. The molecule has 1 rings (SSSR count). The SMILES string of the molecule is Cc1cc(C)c(C)c(CN(C)CC(N)CO)c1C. The van der Waals surface area contributed by atoms with E-state index in [1.165, 1.54) is 27.8 Å². The molecule has 0 saturated heterocycles. The van der Waals surface area contributed by atoms with Gasteiger partial charge in [-0.15, -0.1) is 0 Å². The smallest absolute Gasteiger partial charge is 0.0595 e. The number of nitrogens with two attached hydrogens (primary N) is 1. The maximum absolute atomic E-state index is 9.00. The van der Waals surface area contributed by atoms with Crippen LogP contribution < -0.4 is 5.73 Å². The van der Waals surface area contributed by atoms with E-state index in [0.717, 1.165) is 6.54 Å². The van der Waals surface area contributed by atoms with Crippen molar-refractivity contribution in [2.24, 2.45) is 5.73 Å². The molecule has 0 bridgehead atoms. The molecule has 0 radical (unpaired) electrons. The van der Waals surface area contributed by atoms with Crippen molar-refractivity contribution in [3.05, 3.63) is 33.9 Å². The summed E-state index contributed by atoms with van der Waals surface area (Å²) in [5.74, 6) is 0. The van der Waals surface area contributed by atoms with Gasteiger partial charge < -0.3 is 15.7 Å². The molecule has 0 aliphatic carbocycles. The van der Waals surface area contributed by atoms with Gasteiger partial charge in [0.2, 0.25) is 0 Å². The van der Waals surface area contributed by atoms with Crippen molar-refractivity contribution in [2.45, 2.75) is 40.3 Å². The average molecular weight is 250 g/mol. The first-order valence-electron chi connectivity index (χ1n) is 6.48. The molecule has 0 aromatic heterocycles. The molecule has 18 heavy (non-hydrogen) atoms. The molecule has 0 aliphatic rings. The number of rotatable bonds is 5. The molecule has 0 spiro atoms. The van der Waals surface area contributed by atoms with Crippen LogP contribution in [0, 0.1) is 27.7 Å². The van der Waals surface area contributed by atoms with Crippen molar-refractivity contribution in [2.75, 3.05) is 20.2 Å². The number of hydrogen-bond donors (Lipinski definition) is 2. The van der Waals surface area contributed by atoms with Crippen molar-refractivity contribution in [3.8, 4) is 0 Å². The highest BCUT2D eigenvalue weighted by Crippen LogP contribution is 2.22. The highest BCUT2D eigenvalue weighted by Gasteiger charge is 2.12. The van der Waals surface area contributed by atoms with E-state index < -0.39 is 0 Å². The maximum atomic E-state index is 9.00. The Kier molecular flexibility index (Phi) is 5.32. The maximum Gasteiger partial charge on any atom is 0.0595 e. The van der Waals surface area contributed by atoms with Gasteiger partial charge in [-0.1, -0.05) is 6.07 Å². The van der Waals surface area contributed by atoms with Gasteiger partial charge in [0.15, 0.2) is 0 Å². The summed E-state index contributed by atoms with van der Waals surface area (Å²) in [7, 11) is 2.05. The van der Waals surface area contributed by atoms with Gasteiger partial charge in [-0.05, 0) is 62.6 Å². The lowest BCUT2D eigenvalue weighted by Gasteiger charge is -2.23. The fraction of sp³-hybridized carbons (Fsp3) is 0.600. The second kappa shape index (κ2) is 6.32. The van der Waals surface area contributed by atoms with E-state index in [-0.39, 0.29) is 12.6 Å². The molecule has 1 aromatic carbocycles. The van der Waals surface area contributed by atoms with Gasteiger partial charge in [0, 0.05) is 19.1 Å². The van der Waals surface area contributed by atoms with Crippen LogP contribution in [0.25, 0.3) is 0 Å². The minimum absolute atomic E-state index is 0.0369. The van der Waals surface area contributed by atoms with Crippen LogP contribution in [-0.2, 0) is 6.54 Å². The number of benzene rings is 1. The van der Waals surface area contributed by atoms with Crippen LogP contribution in [0.2, 0.25) is 0 Å². The molecule has 0 aliphatic heterocycles. The molecule has 3 heteroatoms. The zero-order valence-electron chi connectivity index (χ0n) is 12.2. The molecule has 0 amide bonds. The van der Waals surface area contributed by atoms with Crippen LogP contribution in [0.15, 0.2) is 6.07 Å². The lowest BCUT2D eigenvalue weighted by molar-refractivity contribution is 0.218. The highest BCUT2D eigenvalue weighted by atomic mass is 16.3. The van der Waals surface area contributed by atoms with E-state index in [2.05, 4.69) is 38.7 Å². The Balaban J connectivity index is 2.90. The molecule has 3 nitrogen and oxygen atoms in total. The normalized spacial score (nSPS) is 13.1. The van der Waals surface area contributed by atoms with Gasteiger partial charge in [0.05, 0.1) is 6.61 Å². The van der Waals surface area contributed by atoms with Crippen LogP contribution >= 0.6 is 0 Å². The molecule has 3 N–H and O–H groups in total. The van der Waals surface area contributed by atoms with Crippen LogP contribution in [0.5, 0.6) is 0 Å². The van der Waals surface area contributed by atoms with E-state index in [1.807, 2.05) is 7.05 Å². The van der Waals surface area contributed by atoms with E-state index in [4.69, 9.17) is 10.8 Å². The van der Waals surface area contributed by atoms with Crippen molar-refractivity contribution >= 4 is 0 Å². The predicted octanol–water partition coefficient (Wildman–Crippen LogP) is 1.67. The Morgan fingerprint density at radius 3 is 2.11 bits per heavy atom. The van der Waals surface area contributed by atoms with E-state index in [0.29, 0.717) is 6.54 Å². The zero-order valence-corrected chi connectivity index (χ0v) is 12.2. The van der Waals surface area contributed by atoms with Crippen LogP contribution in [0.4, 0.5) is 0 Å². The Hall–Kier alpha value is -0.900. The molecule has 0 heterocycles. The number of aliphatic hydroxyl groups is 1. The number of aliphatic hydroxyl groups excluding tert-OH is 1. The van der Waals surface area contributed by atoms with E-state index in [1.54, 1.807) is 0 Å². The van der Waals surface area contributed by atoms with Gasteiger partial charge in [0.25, 0.3) is 0 Å². The number of nitrogens with zero attached hydrogens (tertiary/aromatic N) is 1. The minimum Gasteiger partial charge on any atom is -0.395 e. The second-order valence-corrected chi connectivity index (χ2v) is 5.38. The van der Waals surface area contributed by atoms with Crippen LogP contribution in [-0.4, -0.2) is 36.2 Å². The lowest BCUT2D eigenvalue weighted by atomic mass is 9.94. The topological polar surface area (TPSA) is 49.5 Å². The molecule has 102 valence electrons. The first-order chi connectivity index (χ1) is 8.36. The van der Waals surface area contributed by atoms with Crippen molar-refractivity contribution < 1.29 is 5.11 Å². The quantitative estimate of drug-likeness (QED) is 0.836. The molecule has 0 fully saturated rings. The summed E-state index contributed by atoms with van der Waals surface area (Å²) in [5.41, 5.74) is 12.6. The summed E-state index contributed by atoms with van der Waals surface area (Å²) in [6, 6.07) is 2.08. The fourth-order valence-corrected chi connectivity index (χ4v) is 2.33. The molecule has 1 unspecified atom stereocenters. The molecule has 1 atom stereocenters. The average Bonchev–Trinajstić information content (AvgIpc) is 2.32. The Labute approximate surface area is 111 Å². The Morgan fingerprint density at radius 2 is 1.67 bits per heavy atom. The summed E-state index contributed by atoms with van der Waals surface area (Å²) in [5, 5.41) is 9.00. The summed E-state index contributed by atoms with van der Waals surface area (Å²) in [4.78, 5) is 2.18. The van der Waals surface area contributed by atoms with Crippen molar-refractivity contribution in [1.82, 2.24) is 4.90 Å². The van der Waals surface area contributed by atoms with Crippen molar-refractivity contribution in [3.63, 3.8) is 0 Å². The third kappa shape index (κ3) is 3.55. The summed E-state index contributed by atoms with van der Waals surface area (Å²) >= 11 is 0. The molecular weight excluding hydrogens is 224 g/mol. The standard InChI is InChI=1S/C15H26N2O/c1-10-6-11(2)13(4)15(12(10)3)8-17(5)7-14(16)9-18/h6,14,18H,7-9,16H2,1-5H3. The molecular formula is C15H26N2O. The van der Waals surface area contributed by atoms with Gasteiger partial charge in [0.1, 0.15) is 0 Å². The van der Waals surface area contributed by atoms with Gasteiger partial charge in [-0.25, -0.2) is 0 Å². The van der Waals surface area contributed by atoms with Crippen LogP contribution in [0.1, 0.15) is 27.8 Å². The van der Waals surface area contributed by atoms with Crippen LogP contribution in [0.3, 0.4) is 0 Å². The third-order valence-corrected chi connectivity index (χ3v) is 3.73. The van der Waals surface area contributed by atoms with Gasteiger partial charge >= 0.3 is 0 Å². The number of likely N-dealkylation sites (N-methyl/N-ethyl adjacent to an activating group) is 1. The monoisotopic (exact) mass is 250 g/mol. The van der Waals surface area contributed by atoms with E-state index >= 15 is 0 Å². The highest BCUT2D eigenvalue weighted by molar-refractivity contribution is 5.43. The number of aryl methyl sites for hydroxylation is 2. The Morgan fingerprint density at radius 1 is 1.17 bits per heavy atom. The second-order valence-electron chi connectivity index (χ2n) is 5.38. The third-order valence-electron chi connectivity index (χ3n) is 3.73.